The number of hydrogen-bond acceptors (Lipinski definition) is 2. The molecule has 3 nitrogen and oxygen atoms in total. The summed E-state index contributed by atoms with van der Waals surface area (Å²) in [7, 11) is 0. The summed E-state index contributed by atoms with van der Waals surface area (Å²) in [4.78, 5) is 0. The molecule has 0 atom stereocenters. The van der Waals surface area contributed by atoms with Gasteiger partial charge in [-0.2, -0.15) is 5.10 Å². The van der Waals surface area contributed by atoms with Gasteiger partial charge in [-0.25, -0.2) is 0 Å². The Hall–Kier alpha value is -0.990. The van der Waals surface area contributed by atoms with Gasteiger partial charge in [0.1, 0.15) is 12.0 Å². The molecule has 1 rings (SSSR count). The second-order valence-corrected chi connectivity index (χ2v) is 0.952. The fraction of sp³-hybridized carbons (Fsp3) is 0. The largest absolute Gasteiger partial charge is 0.384 e. The smallest absolute Gasteiger partial charge is 0.119 e. The van der Waals surface area contributed by atoms with Crippen molar-refractivity contribution in [1.29, 1.82) is 0 Å². The van der Waals surface area contributed by atoms with Crippen LogP contribution in [0.1, 0.15) is 0 Å². The van der Waals surface area contributed by atoms with Crippen molar-refractivity contribution >= 4 is 5.82 Å². The van der Waals surface area contributed by atoms with Crippen LogP contribution >= 0.6 is 0 Å². The lowest BCUT2D eigenvalue weighted by atomic mass is 10.7. The number of aromatic amines is 1. The van der Waals surface area contributed by atoms with Gasteiger partial charge >= 0.3 is 0 Å². The Morgan fingerprint density at radius 2 is 2.83 bits per heavy atom. The molecular weight excluding hydrogens is 78.1 g/mol. The molecule has 0 aliphatic heterocycles. The Kier molecular flexibility index (Phi) is 0.538. The number of H-pyrrole nitrogens is 1. The number of nitrogens with one attached hydrogen (secondary N) is 1. The van der Waals surface area contributed by atoms with Gasteiger partial charge in [-0.1, -0.05) is 0 Å². The van der Waals surface area contributed by atoms with Crippen molar-refractivity contribution < 1.29 is 0 Å². The Balaban J connectivity index is 3.05. The highest BCUT2D eigenvalue weighted by molar-refractivity contribution is 5.21. The lowest BCUT2D eigenvalue weighted by molar-refractivity contribution is 1.09. The highest BCUT2D eigenvalue weighted by Gasteiger charge is 1.75. The monoisotopic (exact) mass is 82.0 g/mol. The van der Waals surface area contributed by atoms with Crippen LogP contribution in [-0.2, 0) is 0 Å². The van der Waals surface area contributed by atoms with Crippen LogP contribution in [0.15, 0.2) is 6.07 Å². The van der Waals surface area contributed by atoms with Crippen molar-refractivity contribution in [3.63, 3.8) is 0 Å². The van der Waals surface area contributed by atoms with Crippen LogP contribution in [0.3, 0.4) is 0 Å². The summed E-state index contributed by atoms with van der Waals surface area (Å²) in [5.74, 6) is 0.551. The van der Waals surface area contributed by atoms with Crippen LogP contribution in [0.4, 0.5) is 5.82 Å². The van der Waals surface area contributed by atoms with Gasteiger partial charge in [-0.05, 0) is 0 Å². The zero-order chi connectivity index (χ0) is 4.41. The van der Waals surface area contributed by atoms with E-state index in [-0.39, 0.29) is 0 Å². The molecule has 0 spiro atoms. The van der Waals surface area contributed by atoms with Crippen LogP contribution in [0.5, 0.6) is 0 Å². The van der Waals surface area contributed by atoms with Crippen LogP contribution in [-0.4, -0.2) is 10.2 Å². The van der Waals surface area contributed by atoms with Crippen molar-refractivity contribution in [2.45, 2.75) is 0 Å². The normalized spacial score (nSPS) is 8.67. The third-order valence-electron chi connectivity index (χ3n) is 0.470. The molecule has 0 unspecified atom stereocenters. The average molecular weight is 82.1 g/mol. The molecule has 1 aromatic rings. The number of anilines is 1. The lowest BCUT2D eigenvalue weighted by Gasteiger charge is -1.70. The zero-order valence-electron chi connectivity index (χ0n) is 3.10. The van der Waals surface area contributed by atoms with Crippen LogP contribution < -0.4 is 5.73 Å². The molecule has 31 valence electrons. The van der Waals surface area contributed by atoms with Crippen LogP contribution in [0.2, 0.25) is 0 Å². The molecule has 1 heterocycles. The summed E-state index contributed by atoms with van der Waals surface area (Å²) < 4.78 is 0. The number of nitrogens with zero attached hydrogens (tertiary/aromatic N) is 1. The number of aromatic nitrogens is 2. The molecule has 0 saturated heterocycles. The molecule has 0 amide bonds. The second kappa shape index (κ2) is 1.01. The maximum Gasteiger partial charge on any atom is 0.119 e. The van der Waals surface area contributed by atoms with Crippen molar-refractivity contribution in [3.8, 4) is 0 Å². The minimum atomic E-state index is 0.551. The van der Waals surface area contributed by atoms with Gasteiger partial charge in [-0.15, -0.1) is 0 Å². The Labute approximate surface area is 35.2 Å². The van der Waals surface area contributed by atoms with Gasteiger partial charge in [0.05, 0.1) is 0 Å². The topological polar surface area (TPSA) is 54.7 Å². The SMILES string of the molecule is Nc1c[c]n[nH]1. The summed E-state index contributed by atoms with van der Waals surface area (Å²) in [6, 6.07) is 1.57. The van der Waals surface area contributed by atoms with E-state index in [2.05, 4.69) is 16.4 Å². The first-order valence-corrected chi connectivity index (χ1v) is 1.56. The summed E-state index contributed by atoms with van der Waals surface area (Å²) in [5, 5.41) is 5.92. The molecule has 0 saturated carbocycles. The van der Waals surface area contributed by atoms with Gasteiger partial charge in [0.15, 0.2) is 0 Å². The summed E-state index contributed by atoms with van der Waals surface area (Å²) in [6.07, 6.45) is 2.50. The van der Waals surface area contributed by atoms with E-state index in [0.717, 1.165) is 0 Å². The predicted octanol–water partition coefficient (Wildman–Crippen LogP) is -0.208. The Morgan fingerprint density at radius 3 is 3.00 bits per heavy atom. The quantitative estimate of drug-likeness (QED) is 0.455. The molecule has 1 radical (unpaired) electrons. The first kappa shape index (κ1) is 3.21. The molecule has 6 heavy (non-hydrogen) atoms. The molecule has 0 aliphatic rings. The van der Waals surface area contributed by atoms with E-state index < -0.39 is 0 Å². The number of rotatable bonds is 0. The number of hydrogen-bond donors (Lipinski definition) is 2. The molecule has 0 aromatic carbocycles. The Morgan fingerprint density at radius 1 is 2.00 bits per heavy atom. The predicted molar refractivity (Wildman–Crippen MR) is 21.8 cm³/mol. The summed E-state index contributed by atoms with van der Waals surface area (Å²) >= 11 is 0. The molecule has 3 N–H and O–H groups in total. The van der Waals surface area contributed by atoms with E-state index in [1.165, 1.54) is 0 Å². The number of nitrogen functional groups attached to an aromatic ring is 1. The van der Waals surface area contributed by atoms with E-state index >= 15 is 0 Å². The van der Waals surface area contributed by atoms with Crippen LogP contribution in [0, 0.1) is 6.20 Å². The molecule has 0 fully saturated rings. The molecule has 3 heteroatoms. The lowest BCUT2D eigenvalue weighted by Crippen LogP contribution is -1.81. The van der Waals surface area contributed by atoms with E-state index in [4.69, 9.17) is 5.73 Å². The summed E-state index contributed by atoms with van der Waals surface area (Å²) in [5.41, 5.74) is 5.13. The fourth-order valence-electron chi connectivity index (χ4n) is 0.231. The highest BCUT2D eigenvalue weighted by Crippen LogP contribution is 1.85. The maximum atomic E-state index is 5.13. The first-order valence-electron chi connectivity index (χ1n) is 1.56. The van der Waals surface area contributed by atoms with Gasteiger partial charge in [0.2, 0.25) is 0 Å². The molecule has 0 aliphatic carbocycles. The first-order chi connectivity index (χ1) is 2.89. The highest BCUT2D eigenvalue weighted by atomic mass is 15.1. The number of nitrogens with two attached hydrogens (primary N) is 1. The Bertz CT molecular complexity index is 110. The average Bonchev–Trinajstić information content (AvgIpc) is 1.86. The van der Waals surface area contributed by atoms with Gasteiger partial charge in [0, 0.05) is 6.07 Å². The van der Waals surface area contributed by atoms with Gasteiger partial charge in [-0.3, -0.25) is 5.10 Å². The summed E-state index contributed by atoms with van der Waals surface area (Å²) in [6.45, 7) is 0. The van der Waals surface area contributed by atoms with Crippen molar-refractivity contribution in [1.82, 2.24) is 10.2 Å². The minimum absolute atomic E-state index is 0.551. The third-order valence-corrected chi connectivity index (χ3v) is 0.470. The van der Waals surface area contributed by atoms with E-state index in [0.29, 0.717) is 5.82 Å². The minimum Gasteiger partial charge on any atom is -0.384 e. The standard InChI is InChI=1S/C3H4N3/c4-3-1-2-5-6-3/h1H,(H3,4,5,6). The third kappa shape index (κ3) is 0.337. The fourth-order valence-corrected chi connectivity index (χ4v) is 0.231. The molecule has 0 bridgehead atoms. The molecular formula is C3H4N3. The zero-order valence-corrected chi connectivity index (χ0v) is 3.10. The van der Waals surface area contributed by atoms with E-state index in [1.54, 1.807) is 6.07 Å². The van der Waals surface area contributed by atoms with Gasteiger partial charge < -0.3 is 5.73 Å². The van der Waals surface area contributed by atoms with Gasteiger partial charge in [0.25, 0.3) is 0 Å². The van der Waals surface area contributed by atoms with Crippen molar-refractivity contribution in [2.24, 2.45) is 0 Å². The van der Waals surface area contributed by atoms with Crippen molar-refractivity contribution in [2.75, 3.05) is 5.73 Å². The van der Waals surface area contributed by atoms with E-state index in [1.807, 2.05) is 0 Å². The maximum absolute atomic E-state index is 5.13. The van der Waals surface area contributed by atoms with E-state index in [9.17, 15) is 0 Å². The van der Waals surface area contributed by atoms with Crippen LogP contribution in [0.25, 0.3) is 0 Å². The second-order valence-electron chi connectivity index (χ2n) is 0.952. The molecule has 1 aromatic heterocycles. The van der Waals surface area contributed by atoms with Crippen molar-refractivity contribution in [3.05, 3.63) is 12.3 Å².